The number of fused-ring (bicyclic) bond motifs is 4. The summed E-state index contributed by atoms with van der Waals surface area (Å²) in [6, 6.07) is 35.5. The Morgan fingerprint density at radius 3 is 2.42 bits per heavy atom. The maximum absolute atomic E-state index is 13.2. The summed E-state index contributed by atoms with van der Waals surface area (Å²) in [5.41, 5.74) is 6.43. The lowest BCUT2D eigenvalue weighted by Crippen LogP contribution is -2.61. The predicted molar refractivity (Wildman–Crippen MR) is 170 cm³/mol. The number of hydrogen-bond donors (Lipinski definition) is 1. The number of halogens is 1. The Morgan fingerprint density at radius 1 is 0.907 bits per heavy atom. The molecule has 3 aliphatic heterocycles. The van der Waals surface area contributed by atoms with Crippen LogP contribution in [0, 0.1) is 0 Å². The summed E-state index contributed by atoms with van der Waals surface area (Å²) in [7, 11) is 0. The van der Waals surface area contributed by atoms with Gasteiger partial charge in [-0.2, -0.15) is 10.2 Å². The molecule has 2 unspecified atom stereocenters. The molecular formula is C34H24ClN5O2S. The smallest absolute Gasteiger partial charge is 0.314 e. The van der Waals surface area contributed by atoms with Gasteiger partial charge in [-0.15, -0.1) is 0 Å². The van der Waals surface area contributed by atoms with Crippen LogP contribution in [0.4, 0.5) is 4.79 Å². The van der Waals surface area contributed by atoms with E-state index in [1.807, 2.05) is 113 Å². The largest absolute Gasteiger partial charge is 0.444 e. The molecule has 5 aromatic rings. The molecule has 0 aliphatic carbocycles. The molecule has 3 aliphatic rings. The van der Waals surface area contributed by atoms with Crippen LogP contribution >= 0.6 is 23.4 Å². The van der Waals surface area contributed by atoms with E-state index in [1.54, 1.807) is 0 Å². The molecule has 0 radical (unpaired) electrons. The average Bonchev–Trinajstić information content (AvgIpc) is 3.75. The molecule has 7 nitrogen and oxygen atoms in total. The summed E-state index contributed by atoms with van der Waals surface area (Å²) in [4.78, 5) is 13.9. The molecule has 1 aromatic heterocycles. The molecule has 8 rings (SSSR count). The molecular weight excluding hydrogens is 578 g/mol. The minimum absolute atomic E-state index is 0.120. The normalized spacial score (nSPS) is 21.4. The lowest BCUT2D eigenvalue weighted by atomic mass is 9.95. The Labute approximate surface area is 257 Å². The summed E-state index contributed by atoms with van der Waals surface area (Å²) in [6.45, 7) is 0. The van der Waals surface area contributed by atoms with Crippen molar-refractivity contribution >= 4 is 40.4 Å². The number of benzene rings is 4. The van der Waals surface area contributed by atoms with Crippen molar-refractivity contribution in [1.82, 2.24) is 20.1 Å². The third kappa shape index (κ3) is 4.42. The van der Waals surface area contributed by atoms with Gasteiger partial charge in [-0.25, -0.2) is 9.69 Å². The number of hydrazone groups is 1. The van der Waals surface area contributed by atoms with Gasteiger partial charge in [-0.05, 0) is 53.7 Å². The monoisotopic (exact) mass is 601 g/mol. The van der Waals surface area contributed by atoms with Crippen LogP contribution in [0.2, 0.25) is 5.02 Å². The Hall–Kier alpha value is -4.79. The molecule has 2 atom stereocenters. The van der Waals surface area contributed by atoms with Crippen molar-refractivity contribution in [3.8, 4) is 22.7 Å². The fourth-order valence-corrected chi connectivity index (χ4v) is 6.88. The van der Waals surface area contributed by atoms with Crippen LogP contribution in [0.15, 0.2) is 125 Å². The van der Waals surface area contributed by atoms with Crippen LogP contribution in [0.3, 0.4) is 0 Å². The van der Waals surface area contributed by atoms with Crippen LogP contribution in [-0.4, -0.2) is 31.6 Å². The zero-order chi connectivity index (χ0) is 29.0. The highest BCUT2D eigenvalue weighted by molar-refractivity contribution is 8.17. The van der Waals surface area contributed by atoms with Gasteiger partial charge in [0, 0.05) is 34.3 Å². The second-order valence-corrected chi connectivity index (χ2v) is 12.0. The first-order valence-corrected chi connectivity index (χ1v) is 15.1. The number of hydrogen-bond acceptors (Lipinski definition) is 6. The Bertz CT molecular complexity index is 1920. The molecule has 210 valence electrons. The van der Waals surface area contributed by atoms with E-state index in [1.165, 1.54) is 0 Å². The van der Waals surface area contributed by atoms with Gasteiger partial charge in [-0.1, -0.05) is 90.5 Å². The molecule has 43 heavy (non-hydrogen) atoms. The van der Waals surface area contributed by atoms with Gasteiger partial charge < -0.3 is 4.74 Å². The number of thioether (sulfide) groups is 1. The predicted octanol–water partition coefficient (Wildman–Crippen LogP) is 7.89. The third-order valence-corrected chi connectivity index (χ3v) is 9.01. The molecule has 4 heterocycles. The lowest BCUT2D eigenvalue weighted by Gasteiger charge is -2.45. The number of amides is 1. The van der Waals surface area contributed by atoms with Crippen LogP contribution in [-0.2, 0) is 0 Å². The Kier molecular flexibility index (Phi) is 6.13. The summed E-state index contributed by atoms with van der Waals surface area (Å²) in [6.07, 6.45) is 4.64. The van der Waals surface area contributed by atoms with Gasteiger partial charge in [0.1, 0.15) is 5.75 Å². The summed E-state index contributed by atoms with van der Waals surface area (Å²) >= 11 is 7.33. The van der Waals surface area contributed by atoms with Crippen molar-refractivity contribution in [2.45, 2.75) is 18.3 Å². The Morgan fingerprint density at radius 2 is 1.63 bits per heavy atom. The highest BCUT2D eigenvalue weighted by Crippen LogP contribution is 2.53. The van der Waals surface area contributed by atoms with Gasteiger partial charge in [0.25, 0.3) is 5.24 Å². The molecule has 9 heteroatoms. The van der Waals surface area contributed by atoms with Crippen LogP contribution in [0.25, 0.3) is 23.0 Å². The van der Waals surface area contributed by atoms with Gasteiger partial charge in [0.2, 0.25) is 0 Å². The zero-order valence-electron chi connectivity index (χ0n) is 22.7. The van der Waals surface area contributed by atoms with Gasteiger partial charge in [-0.3, -0.25) is 10.1 Å². The first kappa shape index (κ1) is 25.9. The van der Waals surface area contributed by atoms with Crippen molar-refractivity contribution in [2.24, 2.45) is 5.10 Å². The number of ether oxygens (including phenoxy) is 1. The number of para-hydroxylation sites is 2. The number of rotatable bonds is 4. The topological polar surface area (TPSA) is 71.8 Å². The van der Waals surface area contributed by atoms with Gasteiger partial charge in [0.15, 0.2) is 0 Å². The number of aromatic nitrogens is 2. The molecule has 0 saturated carbocycles. The van der Waals surface area contributed by atoms with Crippen molar-refractivity contribution in [1.29, 1.82) is 0 Å². The van der Waals surface area contributed by atoms with E-state index in [9.17, 15) is 4.79 Å². The van der Waals surface area contributed by atoms with Crippen LogP contribution < -0.4 is 10.1 Å². The van der Waals surface area contributed by atoms with Crippen molar-refractivity contribution in [3.05, 3.63) is 142 Å². The van der Waals surface area contributed by atoms with E-state index in [4.69, 9.17) is 26.5 Å². The number of nitrogens with one attached hydrogen (secondary N) is 1. The van der Waals surface area contributed by atoms with Crippen molar-refractivity contribution < 1.29 is 9.53 Å². The molecule has 1 spiro atoms. The summed E-state index contributed by atoms with van der Waals surface area (Å²) in [5.74, 6) is -0.594. The second kappa shape index (κ2) is 10.2. The first-order chi connectivity index (χ1) is 21.1. The molecule has 1 saturated heterocycles. The second-order valence-electron chi connectivity index (χ2n) is 10.5. The fourth-order valence-electron chi connectivity index (χ4n) is 5.85. The molecule has 4 aromatic carbocycles. The SMILES string of the molecule is O=C1NC2(Oc3ccccc3C3CC(c4ccccc4)=NN32)C(=Cc2cn(-c3ccccc3)nc2-c2ccc(Cl)cc2)S1. The average molecular weight is 602 g/mol. The Balaban J connectivity index is 1.30. The van der Waals surface area contributed by atoms with Gasteiger partial charge >= 0.3 is 5.85 Å². The first-order valence-electron chi connectivity index (χ1n) is 13.9. The van der Waals surface area contributed by atoms with Gasteiger partial charge in [0.05, 0.1) is 28.0 Å². The maximum Gasteiger partial charge on any atom is 0.314 e. The minimum atomic E-state index is -1.32. The third-order valence-electron chi connectivity index (χ3n) is 7.85. The van der Waals surface area contributed by atoms with E-state index < -0.39 is 5.85 Å². The number of nitrogens with zero attached hydrogens (tertiary/aromatic N) is 4. The van der Waals surface area contributed by atoms with E-state index in [2.05, 4.69) is 23.5 Å². The van der Waals surface area contributed by atoms with E-state index >= 15 is 0 Å². The number of carbonyl (C=O) groups is 1. The van der Waals surface area contributed by atoms with Crippen molar-refractivity contribution in [3.63, 3.8) is 0 Å². The highest BCUT2D eigenvalue weighted by atomic mass is 35.5. The fraction of sp³-hybridized carbons (Fsp3) is 0.0882. The molecule has 1 N–H and O–H groups in total. The van der Waals surface area contributed by atoms with Crippen LogP contribution in [0.1, 0.15) is 29.2 Å². The lowest BCUT2D eigenvalue weighted by molar-refractivity contribution is -0.0949. The maximum atomic E-state index is 13.2. The standard InChI is InChI=1S/C34H24ClN5O2S/c35-25-17-15-23(16-18-25)32-24(21-39(38-32)26-11-5-2-6-12-26)19-31-34(36-33(41)43-31)40-29(27-13-7-8-14-30(27)42-34)20-28(37-40)22-9-3-1-4-10-22/h1-19,21,29H,20H2,(H,36,41). The van der Waals surface area contributed by atoms with E-state index in [0.717, 1.165) is 56.9 Å². The minimum Gasteiger partial charge on any atom is -0.444 e. The summed E-state index contributed by atoms with van der Waals surface area (Å²) in [5, 5.41) is 15.6. The molecule has 0 bridgehead atoms. The number of carbonyl (C=O) groups excluding carboxylic acids is 1. The van der Waals surface area contributed by atoms with Crippen molar-refractivity contribution in [2.75, 3.05) is 0 Å². The molecule has 1 amide bonds. The van der Waals surface area contributed by atoms with Crippen LogP contribution in [0.5, 0.6) is 5.75 Å². The van der Waals surface area contributed by atoms with E-state index in [-0.39, 0.29) is 11.3 Å². The quantitative estimate of drug-likeness (QED) is 0.227. The molecule has 1 fully saturated rings. The zero-order valence-corrected chi connectivity index (χ0v) is 24.3. The highest BCUT2D eigenvalue weighted by Gasteiger charge is 2.58. The van der Waals surface area contributed by atoms with E-state index in [0.29, 0.717) is 16.3 Å². The summed E-state index contributed by atoms with van der Waals surface area (Å²) < 4.78 is 8.59.